The van der Waals surface area contributed by atoms with Gasteiger partial charge in [-0.15, -0.1) is 0 Å². The standard InChI is InChI=1S/C15H20N2O2/c1-4-12-5-7-15(9-16,8-6-12)17-13(18)10(2)11(3)14(17)19/h12H,4-8H2,1-3H3. The molecular formula is C15H20N2O2. The lowest BCUT2D eigenvalue weighted by Crippen LogP contribution is -2.53. The first-order chi connectivity index (χ1) is 8.96. The first-order valence-corrected chi connectivity index (χ1v) is 6.94. The summed E-state index contributed by atoms with van der Waals surface area (Å²) in [6.45, 7) is 5.47. The number of carbonyl (C=O) groups is 2. The Hall–Kier alpha value is -1.63. The molecule has 102 valence electrons. The van der Waals surface area contributed by atoms with E-state index < -0.39 is 5.54 Å². The number of nitriles is 1. The molecule has 0 unspecified atom stereocenters. The Morgan fingerprint density at radius 1 is 1.21 bits per heavy atom. The zero-order valence-electron chi connectivity index (χ0n) is 11.8. The summed E-state index contributed by atoms with van der Waals surface area (Å²) in [6.07, 6.45) is 4.15. The van der Waals surface area contributed by atoms with Gasteiger partial charge in [-0.25, -0.2) is 0 Å². The van der Waals surface area contributed by atoms with E-state index in [9.17, 15) is 14.9 Å². The van der Waals surface area contributed by atoms with Gasteiger partial charge >= 0.3 is 0 Å². The second-order valence-corrected chi connectivity index (χ2v) is 5.69. The molecule has 4 heteroatoms. The van der Waals surface area contributed by atoms with Crippen LogP contribution >= 0.6 is 0 Å². The normalized spacial score (nSPS) is 31.9. The summed E-state index contributed by atoms with van der Waals surface area (Å²) in [5.41, 5.74) is 0.0493. The predicted octanol–water partition coefficient (Wildman–Crippen LogP) is 2.55. The van der Waals surface area contributed by atoms with E-state index in [2.05, 4.69) is 13.0 Å². The molecule has 2 rings (SSSR count). The van der Waals surface area contributed by atoms with Gasteiger partial charge < -0.3 is 0 Å². The Morgan fingerprint density at radius 2 is 1.68 bits per heavy atom. The van der Waals surface area contributed by atoms with Crippen LogP contribution < -0.4 is 0 Å². The lowest BCUT2D eigenvalue weighted by Gasteiger charge is -2.40. The second-order valence-electron chi connectivity index (χ2n) is 5.69. The van der Waals surface area contributed by atoms with Crippen LogP contribution in [0.4, 0.5) is 0 Å². The van der Waals surface area contributed by atoms with Gasteiger partial charge in [0.1, 0.15) is 5.54 Å². The first-order valence-electron chi connectivity index (χ1n) is 6.94. The van der Waals surface area contributed by atoms with Crippen molar-refractivity contribution in [2.75, 3.05) is 0 Å². The molecule has 1 fully saturated rings. The van der Waals surface area contributed by atoms with E-state index in [0.29, 0.717) is 29.9 Å². The molecule has 1 saturated carbocycles. The average Bonchev–Trinajstić information content (AvgIpc) is 2.63. The van der Waals surface area contributed by atoms with Crippen molar-refractivity contribution >= 4 is 11.8 Å². The molecule has 4 nitrogen and oxygen atoms in total. The number of carbonyl (C=O) groups excluding carboxylic acids is 2. The van der Waals surface area contributed by atoms with Gasteiger partial charge in [0.05, 0.1) is 6.07 Å². The van der Waals surface area contributed by atoms with Gasteiger partial charge in [0.2, 0.25) is 0 Å². The molecule has 2 aliphatic rings. The van der Waals surface area contributed by atoms with Crippen LogP contribution in [0.25, 0.3) is 0 Å². The van der Waals surface area contributed by atoms with Crippen LogP contribution in [0.5, 0.6) is 0 Å². The van der Waals surface area contributed by atoms with Crippen molar-refractivity contribution < 1.29 is 9.59 Å². The van der Waals surface area contributed by atoms with Crippen molar-refractivity contribution in [2.24, 2.45) is 5.92 Å². The molecule has 0 aromatic rings. The van der Waals surface area contributed by atoms with Gasteiger partial charge in [-0.3, -0.25) is 14.5 Å². The average molecular weight is 260 g/mol. The minimum absolute atomic E-state index is 0.279. The Labute approximate surface area is 114 Å². The fourth-order valence-electron chi connectivity index (χ4n) is 3.09. The summed E-state index contributed by atoms with van der Waals surface area (Å²) < 4.78 is 0. The lowest BCUT2D eigenvalue weighted by atomic mass is 9.75. The monoisotopic (exact) mass is 260 g/mol. The first kappa shape index (κ1) is 13.8. The van der Waals surface area contributed by atoms with Crippen molar-refractivity contribution in [1.82, 2.24) is 4.90 Å². The van der Waals surface area contributed by atoms with E-state index in [-0.39, 0.29) is 11.8 Å². The van der Waals surface area contributed by atoms with Crippen LogP contribution in [0.15, 0.2) is 11.1 Å². The predicted molar refractivity (Wildman–Crippen MR) is 70.8 cm³/mol. The molecule has 1 aliphatic carbocycles. The molecule has 0 N–H and O–H groups in total. The quantitative estimate of drug-likeness (QED) is 0.717. The third-order valence-corrected chi connectivity index (χ3v) is 4.76. The maximum atomic E-state index is 12.2. The molecule has 19 heavy (non-hydrogen) atoms. The van der Waals surface area contributed by atoms with E-state index >= 15 is 0 Å². The van der Waals surface area contributed by atoms with Gasteiger partial charge in [0, 0.05) is 11.1 Å². The second kappa shape index (κ2) is 4.80. The lowest BCUT2D eigenvalue weighted by molar-refractivity contribution is -0.144. The van der Waals surface area contributed by atoms with E-state index in [1.54, 1.807) is 13.8 Å². The maximum absolute atomic E-state index is 12.2. The Bertz CT molecular complexity index is 467. The molecule has 0 radical (unpaired) electrons. The van der Waals surface area contributed by atoms with Crippen molar-refractivity contribution in [3.05, 3.63) is 11.1 Å². The van der Waals surface area contributed by atoms with Crippen LogP contribution in [0.3, 0.4) is 0 Å². The molecule has 0 aromatic heterocycles. The summed E-state index contributed by atoms with van der Waals surface area (Å²) in [5, 5.41) is 9.55. The summed E-state index contributed by atoms with van der Waals surface area (Å²) >= 11 is 0. The van der Waals surface area contributed by atoms with Crippen molar-refractivity contribution in [3.63, 3.8) is 0 Å². The Balaban J connectivity index is 2.28. The molecule has 0 bridgehead atoms. The number of hydrogen-bond acceptors (Lipinski definition) is 3. The van der Waals surface area contributed by atoms with E-state index in [1.165, 1.54) is 4.90 Å². The molecule has 1 heterocycles. The smallest absolute Gasteiger partial charge is 0.258 e. The third-order valence-electron chi connectivity index (χ3n) is 4.76. The van der Waals surface area contributed by atoms with Crippen LogP contribution in [0.2, 0.25) is 0 Å². The van der Waals surface area contributed by atoms with Gasteiger partial charge in [0.25, 0.3) is 11.8 Å². The molecule has 0 aromatic carbocycles. The third kappa shape index (κ3) is 1.98. The summed E-state index contributed by atoms with van der Waals surface area (Å²) in [6, 6.07) is 2.26. The SMILES string of the molecule is CCC1CCC(C#N)(N2C(=O)C(C)=C(C)C2=O)CC1. The Morgan fingerprint density at radius 3 is 2.05 bits per heavy atom. The number of imide groups is 1. The van der Waals surface area contributed by atoms with Gasteiger partial charge in [-0.2, -0.15) is 5.26 Å². The summed E-state index contributed by atoms with van der Waals surface area (Å²) in [7, 11) is 0. The van der Waals surface area contributed by atoms with E-state index in [4.69, 9.17) is 0 Å². The molecule has 0 saturated heterocycles. The van der Waals surface area contributed by atoms with E-state index in [1.807, 2.05) is 0 Å². The molecule has 0 spiro atoms. The highest BCUT2D eigenvalue weighted by Gasteiger charge is 2.49. The number of rotatable bonds is 2. The molecule has 0 atom stereocenters. The fourth-order valence-corrected chi connectivity index (χ4v) is 3.09. The highest BCUT2D eigenvalue weighted by molar-refractivity contribution is 6.19. The molecule has 2 amide bonds. The minimum atomic E-state index is -0.918. The highest BCUT2D eigenvalue weighted by atomic mass is 16.2. The van der Waals surface area contributed by atoms with E-state index in [0.717, 1.165) is 19.3 Å². The number of nitrogens with zero attached hydrogens (tertiary/aromatic N) is 2. The Kier molecular flexibility index (Phi) is 3.49. The number of hydrogen-bond donors (Lipinski definition) is 0. The van der Waals surface area contributed by atoms with Gasteiger partial charge in [-0.1, -0.05) is 13.3 Å². The summed E-state index contributed by atoms with van der Waals surface area (Å²) in [5.74, 6) is 0.0578. The summed E-state index contributed by atoms with van der Waals surface area (Å²) in [4.78, 5) is 25.7. The van der Waals surface area contributed by atoms with Gasteiger partial charge in [0.15, 0.2) is 0 Å². The van der Waals surface area contributed by atoms with Gasteiger partial charge in [-0.05, 0) is 45.4 Å². The maximum Gasteiger partial charge on any atom is 0.258 e. The fraction of sp³-hybridized carbons (Fsp3) is 0.667. The van der Waals surface area contributed by atoms with Crippen molar-refractivity contribution in [3.8, 4) is 6.07 Å². The van der Waals surface area contributed by atoms with Crippen LogP contribution in [-0.2, 0) is 9.59 Å². The van der Waals surface area contributed by atoms with Crippen LogP contribution in [-0.4, -0.2) is 22.3 Å². The molecule has 1 aliphatic heterocycles. The van der Waals surface area contributed by atoms with Crippen molar-refractivity contribution in [1.29, 1.82) is 5.26 Å². The zero-order chi connectivity index (χ0) is 14.2. The van der Waals surface area contributed by atoms with Crippen LogP contribution in [0, 0.1) is 17.2 Å². The molecular weight excluding hydrogens is 240 g/mol. The zero-order valence-corrected chi connectivity index (χ0v) is 11.8. The van der Waals surface area contributed by atoms with Crippen LogP contribution in [0.1, 0.15) is 52.9 Å². The minimum Gasteiger partial charge on any atom is -0.269 e. The highest BCUT2D eigenvalue weighted by Crippen LogP contribution is 2.40. The number of amides is 2. The topological polar surface area (TPSA) is 61.2 Å². The largest absolute Gasteiger partial charge is 0.269 e. The van der Waals surface area contributed by atoms with Crippen molar-refractivity contribution in [2.45, 2.75) is 58.4 Å².